The molecule has 2 N–H and O–H groups in total. The maximum atomic E-state index is 11.9. The van der Waals surface area contributed by atoms with Crippen LogP contribution < -0.4 is 5.32 Å². The van der Waals surface area contributed by atoms with Gasteiger partial charge >= 0.3 is 0 Å². The smallest absolute Gasteiger partial charge is 0.273 e. The van der Waals surface area contributed by atoms with E-state index in [4.69, 9.17) is 5.11 Å². The third-order valence-electron chi connectivity index (χ3n) is 3.14. The second-order valence-electron chi connectivity index (χ2n) is 4.94. The summed E-state index contributed by atoms with van der Waals surface area (Å²) >= 11 is 0. The molecule has 1 aromatic carbocycles. The Labute approximate surface area is 118 Å². The van der Waals surface area contributed by atoms with E-state index in [1.54, 1.807) is 19.1 Å². The number of hydrogen-bond acceptors (Lipinski definition) is 4. The van der Waals surface area contributed by atoms with Crippen molar-refractivity contribution in [3.8, 4) is 0 Å². The first-order chi connectivity index (χ1) is 9.45. The Morgan fingerprint density at radius 2 is 2.20 bits per heavy atom. The lowest BCUT2D eigenvalue weighted by atomic mass is 10.1. The van der Waals surface area contributed by atoms with Gasteiger partial charge < -0.3 is 10.4 Å². The minimum atomic E-state index is -0.491. The maximum Gasteiger partial charge on any atom is 0.273 e. The quantitative estimate of drug-likeness (QED) is 0.454. The zero-order chi connectivity index (χ0) is 15.1. The summed E-state index contributed by atoms with van der Waals surface area (Å²) in [5, 5.41) is 22.4. The van der Waals surface area contributed by atoms with Crippen molar-refractivity contribution >= 4 is 11.6 Å². The number of nitrogens with one attached hydrogen (secondary N) is 1. The van der Waals surface area contributed by atoms with Crippen LogP contribution >= 0.6 is 0 Å². The third kappa shape index (κ3) is 4.62. The zero-order valence-electron chi connectivity index (χ0n) is 11.8. The number of aliphatic hydroxyl groups is 1. The summed E-state index contributed by atoms with van der Waals surface area (Å²) in [6.45, 7) is 4.20. The summed E-state index contributed by atoms with van der Waals surface area (Å²) in [5.41, 5.74) is 0.771. The van der Waals surface area contributed by atoms with Gasteiger partial charge in [0.1, 0.15) is 0 Å². The van der Waals surface area contributed by atoms with Gasteiger partial charge in [-0.2, -0.15) is 0 Å². The van der Waals surface area contributed by atoms with E-state index in [1.807, 2.05) is 6.92 Å². The largest absolute Gasteiger partial charge is 0.396 e. The molecule has 0 aliphatic rings. The van der Waals surface area contributed by atoms with Gasteiger partial charge in [-0.3, -0.25) is 14.9 Å². The molecule has 6 heteroatoms. The summed E-state index contributed by atoms with van der Waals surface area (Å²) in [6.07, 6.45) is 1.59. The Morgan fingerprint density at radius 1 is 1.50 bits per heavy atom. The SMILES string of the molecule is Cc1ccc(C(=O)NCCCC(C)CO)cc1[N+](=O)[O-]. The van der Waals surface area contributed by atoms with E-state index in [0.717, 1.165) is 12.8 Å². The fraction of sp³-hybridized carbons (Fsp3) is 0.500. The van der Waals surface area contributed by atoms with Crippen molar-refractivity contribution in [2.24, 2.45) is 5.92 Å². The minimum Gasteiger partial charge on any atom is -0.396 e. The fourth-order valence-electron chi connectivity index (χ4n) is 1.79. The van der Waals surface area contributed by atoms with Gasteiger partial charge in [0.25, 0.3) is 11.6 Å². The first-order valence-electron chi connectivity index (χ1n) is 6.59. The molecular weight excluding hydrogens is 260 g/mol. The number of rotatable bonds is 7. The molecule has 0 radical (unpaired) electrons. The molecule has 0 aliphatic carbocycles. The van der Waals surface area contributed by atoms with Gasteiger partial charge in [0.2, 0.25) is 0 Å². The molecule has 1 unspecified atom stereocenters. The number of carbonyl (C=O) groups is 1. The predicted octanol–water partition coefficient (Wildman–Crippen LogP) is 2.04. The van der Waals surface area contributed by atoms with Crippen LogP contribution in [0.1, 0.15) is 35.7 Å². The highest BCUT2D eigenvalue weighted by Crippen LogP contribution is 2.19. The average Bonchev–Trinajstić information content (AvgIpc) is 2.43. The van der Waals surface area contributed by atoms with Gasteiger partial charge in [-0.05, 0) is 31.7 Å². The molecule has 110 valence electrons. The Balaban J connectivity index is 2.56. The van der Waals surface area contributed by atoms with Crippen molar-refractivity contribution < 1.29 is 14.8 Å². The fourth-order valence-corrected chi connectivity index (χ4v) is 1.79. The average molecular weight is 280 g/mol. The number of aliphatic hydroxyl groups excluding tert-OH is 1. The van der Waals surface area contributed by atoms with E-state index in [2.05, 4.69) is 5.32 Å². The summed E-state index contributed by atoms with van der Waals surface area (Å²) < 4.78 is 0. The highest BCUT2D eigenvalue weighted by molar-refractivity contribution is 5.94. The lowest BCUT2D eigenvalue weighted by molar-refractivity contribution is -0.385. The number of aryl methyl sites for hydroxylation is 1. The lowest BCUT2D eigenvalue weighted by Gasteiger charge is -2.08. The summed E-state index contributed by atoms with van der Waals surface area (Å²) in [4.78, 5) is 22.2. The highest BCUT2D eigenvalue weighted by atomic mass is 16.6. The Morgan fingerprint density at radius 3 is 2.80 bits per heavy atom. The lowest BCUT2D eigenvalue weighted by Crippen LogP contribution is -2.25. The summed E-state index contributed by atoms with van der Waals surface area (Å²) in [7, 11) is 0. The second kappa shape index (κ2) is 7.59. The van der Waals surface area contributed by atoms with Gasteiger partial charge in [-0.15, -0.1) is 0 Å². The van der Waals surface area contributed by atoms with Crippen LogP contribution in [0.2, 0.25) is 0 Å². The van der Waals surface area contributed by atoms with E-state index in [0.29, 0.717) is 12.1 Å². The molecule has 0 bridgehead atoms. The molecule has 1 amide bonds. The number of nitrogens with zero attached hydrogens (tertiary/aromatic N) is 1. The summed E-state index contributed by atoms with van der Waals surface area (Å²) in [5.74, 6) is -0.0999. The number of hydrogen-bond donors (Lipinski definition) is 2. The number of nitro benzene ring substituents is 1. The first kappa shape index (κ1) is 16.1. The minimum absolute atomic E-state index is 0.0495. The molecule has 6 nitrogen and oxygen atoms in total. The predicted molar refractivity (Wildman–Crippen MR) is 75.7 cm³/mol. The van der Waals surface area contributed by atoms with Gasteiger partial charge in [-0.1, -0.05) is 13.0 Å². The van der Waals surface area contributed by atoms with Crippen molar-refractivity contribution in [3.63, 3.8) is 0 Å². The molecule has 1 atom stereocenters. The Bertz CT molecular complexity index is 488. The van der Waals surface area contributed by atoms with Crippen LogP contribution in [-0.2, 0) is 0 Å². The van der Waals surface area contributed by atoms with E-state index < -0.39 is 4.92 Å². The number of benzene rings is 1. The molecule has 0 spiro atoms. The molecule has 0 saturated heterocycles. The third-order valence-corrected chi connectivity index (χ3v) is 3.14. The zero-order valence-corrected chi connectivity index (χ0v) is 11.8. The molecule has 0 heterocycles. The highest BCUT2D eigenvalue weighted by Gasteiger charge is 2.14. The standard InChI is InChI=1S/C14H20N2O4/c1-10(9-17)4-3-7-15-14(18)12-6-5-11(2)13(8-12)16(19)20/h5-6,8,10,17H,3-4,7,9H2,1-2H3,(H,15,18). The molecule has 0 saturated carbocycles. The molecule has 1 aromatic rings. The normalized spacial score (nSPS) is 11.9. The van der Waals surface area contributed by atoms with Crippen LogP contribution in [-0.4, -0.2) is 29.1 Å². The Kier molecular flexibility index (Phi) is 6.11. The van der Waals surface area contributed by atoms with Crippen LogP contribution in [0.15, 0.2) is 18.2 Å². The molecule has 1 rings (SSSR count). The van der Waals surface area contributed by atoms with Crippen molar-refractivity contribution in [3.05, 3.63) is 39.4 Å². The van der Waals surface area contributed by atoms with Crippen LogP contribution in [0, 0.1) is 23.0 Å². The van der Waals surface area contributed by atoms with Gasteiger partial charge in [-0.25, -0.2) is 0 Å². The number of carbonyl (C=O) groups excluding carboxylic acids is 1. The van der Waals surface area contributed by atoms with Crippen molar-refractivity contribution in [2.45, 2.75) is 26.7 Å². The van der Waals surface area contributed by atoms with Crippen molar-refractivity contribution in [1.82, 2.24) is 5.32 Å². The molecule has 20 heavy (non-hydrogen) atoms. The number of nitro groups is 1. The van der Waals surface area contributed by atoms with Gasteiger partial charge in [0, 0.05) is 30.3 Å². The molecule has 0 fully saturated rings. The number of amides is 1. The van der Waals surface area contributed by atoms with Crippen LogP contribution in [0.3, 0.4) is 0 Å². The monoisotopic (exact) mass is 280 g/mol. The first-order valence-corrected chi connectivity index (χ1v) is 6.59. The van der Waals surface area contributed by atoms with Crippen LogP contribution in [0.25, 0.3) is 0 Å². The second-order valence-corrected chi connectivity index (χ2v) is 4.94. The van der Waals surface area contributed by atoms with E-state index in [9.17, 15) is 14.9 Å². The topological polar surface area (TPSA) is 92.5 Å². The molecular formula is C14H20N2O4. The van der Waals surface area contributed by atoms with Gasteiger partial charge in [0.15, 0.2) is 0 Å². The molecule has 0 aromatic heterocycles. The van der Waals surface area contributed by atoms with Crippen molar-refractivity contribution in [1.29, 1.82) is 0 Å². The summed E-state index contributed by atoms with van der Waals surface area (Å²) in [6, 6.07) is 4.44. The Hall–Kier alpha value is -1.95. The van der Waals surface area contributed by atoms with Crippen LogP contribution in [0.4, 0.5) is 5.69 Å². The molecule has 0 aliphatic heterocycles. The maximum absolute atomic E-state index is 11.9. The van der Waals surface area contributed by atoms with E-state index >= 15 is 0 Å². The van der Waals surface area contributed by atoms with E-state index in [-0.39, 0.29) is 29.7 Å². The van der Waals surface area contributed by atoms with Crippen LogP contribution in [0.5, 0.6) is 0 Å². The van der Waals surface area contributed by atoms with Gasteiger partial charge in [0.05, 0.1) is 4.92 Å². The van der Waals surface area contributed by atoms with E-state index in [1.165, 1.54) is 6.07 Å². The van der Waals surface area contributed by atoms with Crippen molar-refractivity contribution in [2.75, 3.05) is 13.2 Å².